The number of nitrogens with zero attached hydrogens (tertiary/aromatic N) is 6. The second-order valence-corrected chi connectivity index (χ2v) is 10.6. The van der Waals surface area contributed by atoms with Gasteiger partial charge in [0.1, 0.15) is 22.9 Å². The second-order valence-electron chi connectivity index (χ2n) is 10.6. The SMILES string of the molecule is Cc1c(C(=O)Nc2ccc(-c3nc(-c4ccnc(N5CCOCC5)c4)cnc3N)cc2)c(=O)n(C2CCCC2)n1C. The maximum absolute atomic E-state index is 13.2. The Morgan fingerprint density at radius 3 is 2.51 bits per heavy atom. The number of nitrogens with two attached hydrogens (primary N) is 1. The summed E-state index contributed by atoms with van der Waals surface area (Å²) in [4.78, 5) is 42.3. The second kappa shape index (κ2) is 11.2. The zero-order valence-corrected chi connectivity index (χ0v) is 23.3. The van der Waals surface area contributed by atoms with Gasteiger partial charge >= 0.3 is 0 Å². The molecule has 0 spiro atoms. The molecular weight excluding hydrogens is 520 g/mol. The van der Waals surface area contributed by atoms with Gasteiger partial charge in [-0.15, -0.1) is 0 Å². The summed E-state index contributed by atoms with van der Waals surface area (Å²) in [5.74, 6) is 0.762. The predicted molar refractivity (Wildman–Crippen MR) is 158 cm³/mol. The maximum Gasteiger partial charge on any atom is 0.280 e. The highest BCUT2D eigenvalue weighted by molar-refractivity contribution is 6.05. The van der Waals surface area contributed by atoms with Gasteiger partial charge < -0.3 is 20.7 Å². The Bertz CT molecular complexity index is 1630. The van der Waals surface area contributed by atoms with Gasteiger partial charge in [-0.2, -0.15) is 0 Å². The van der Waals surface area contributed by atoms with E-state index in [9.17, 15) is 9.59 Å². The topological polar surface area (TPSA) is 133 Å². The van der Waals surface area contributed by atoms with E-state index in [1.54, 1.807) is 29.2 Å². The van der Waals surface area contributed by atoms with Crippen molar-refractivity contribution in [3.05, 3.63) is 70.4 Å². The Balaban J connectivity index is 1.22. The molecule has 1 amide bonds. The molecule has 0 radical (unpaired) electrons. The van der Waals surface area contributed by atoms with Crippen LogP contribution in [0.15, 0.2) is 53.6 Å². The van der Waals surface area contributed by atoms with Gasteiger partial charge in [0.25, 0.3) is 11.5 Å². The smallest absolute Gasteiger partial charge is 0.280 e. The summed E-state index contributed by atoms with van der Waals surface area (Å²) >= 11 is 0. The first-order valence-corrected chi connectivity index (χ1v) is 14.0. The van der Waals surface area contributed by atoms with Crippen LogP contribution >= 0.6 is 0 Å². The summed E-state index contributed by atoms with van der Waals surface area (Å²) in [6.07, 6.45) is 7.56. The van der Waals surface area contributed by atoms with Crippen LogP contribution in [-0.4, -0.2) is 56.5 Å². The number of amides is 1. The molecule has 4 aromatic rings. The number of aromatic nitrogens is 5. The molecule has 1 saturated heterocycles. The van der Waals surface area contributed by atoms with Crippen molar-refractivity contribution < 1.29 is 9.53 Å². The zero-order chi connectivity index (χ0) is 28.5. The zero-order valence-electron chi connectivity index (χ0n) is 23.3. The minimum absolute atomic E-state index is 0.146. The minimum atomic E-state index is -0.414. The monoisotopic (exact) mass is 554 g/mol. The van der Waals surface area contributed by atoms with Gasteiger partial charge in [-0.05, 0) is 44.0 Å². The van der Waals surface area contributed by atoms with Crippen molar-refractivity contribution in [1.82, 2.24) is 24.3 Å². The van der Waals surface area contributed by atoms with E-state index in [1.165, 1.54) is 0 Å². The van der Waals surface area contributed by atoms with E-state index in [0.717, 1.165) is 55.7 Å². The molecule has 1 aromatic carbocycles. The molecular formula is C30H34N8O3. The summed E-state index contributed by atoms with van der Waals surface area (Å²) in [5, 5.41) is 2.89. The number of nitrogen functional groups attached to an aromatic ring is 1. The molecule has 3 N–H and O–H groups in total. The molecule has 2 aliphatic rings. The van der Waals surface area contributed by atoms with E-state index >= 15 is 0 Å². The van der Waals surface area contributed by atoms with Crippen molar-refractivity contribution in [2.75, 3.05) is 42.3 Å². The highest BCUT2D eigenvalue weighted by atomic mass is 16.5. The van der Waals surface area contributed by atoms with Crippen LogP contribution in [-0.2, 0) is 11.8 Å². The molecule has 1 aliphatic heterocycles. The molecule has 0 atom stereocenters. The lowest BCUT2D eigenvalue weighted by molar-refractivity contribution is 0.102. The average Bonchev–Trinajstić information content (AvgIpc) is 3.60. The fraction of sp³-hybridized carbons (Fsp3) is 0.367. The number of anilines is 3. The van der Waals surface area contributed by atoms with Crippen LogP contribution in [0.5, 0.6) is 0 Å². The van der Waals surface area contributed by atoms with E-state index in [0.29, 0.717) is 41.8 Å². The highest BCUT2D eigenvalue weighted by Gasteiger charge is 2.27. The normalized spacial score (nSPS) is 15.8. The third-order valence-corrected chi connectivity index (χ3v) is 8.08. The molecule has 3 aromatic heterocycles. The standard InChI is InChI=1S/C30H34N8O3/c1-19-26(30(40)38(36(19)2)23-5-3-4-6-23)29(39)34-22-9-7-20(8-10-22)27-28(31)33-18-24(35-27)21-11-12-32-25(17-21)37-13-15-41-16-14-37/h7-12,17-18,23H,3-6,13-16H2,1-2H3,(H2,31,33)(H,34,39). The Hall–Kier alpha value is -4.51. The number of hydrogen-bond acceptors (Lipinski definition) is 8. The van der Waals surface area contributed by atoms with Gasteiger partial charge in [0, 0.05) is 48.8 Å². The molecule has 0 unspecified atom stereocenters. The van der Waals surface area contributed by atoms with Crippen molar-refractivity contribution in [1.29, 1.82) is 0 Å². The van der Waals surface area contributed by atoms with Crippen LogP contribution in [0.2, 0.25) is 0 Å². The van der Waals surface area contributed by atoms with Crippen LogP contribution in [0.1, 0.15) is 47.8 Å². The van der Waals surface area contributed by atoms with Gasteiger partial charge in [0.2, 0.25) is 0 Å². The van der Waals surface area contributed by atoms with Crippen molar-refractivity contribution in [2.45, 2.75) is 38.6 Å². The van der Waals surface area contributed by atoms with E-state index < -0.39 is 5.91 Å². The van der Waals surface area contributed by atoms with Gasteiger partial charge in [-0.1, -0.05) is 25.0 Å². The summed E-state index contributed by atoms with van der Waals surface area (Å²) < 4.78 is 9.01. The first-order valence-electron chi connectivity index (χ1n) is 14.0. The fourth-order valence-corrected chi connectivity index (χ4v) is 5.75. The molecule has 0 bridgehead atoms. The van der Waals surface area contributed by atoms with Crippen LogP contribution in [0.3, 0.4) is 0 Å². The number of nitrogens with one attached hydrogen (secondary N) is 1. The molecule has 11 heteroatoms. The molecule has 212 valence electrons. The predicted octanol–water partition coefficient (Wildman–Crippen LogP) is 3.80. The highest BCUT2D eigenvalue weighted by Crippen LogP contribution is 2.30. The van der Waals surface area contributed by atoms with Crippen molar-refractivity contribution in [3.63, 3.8) is 0 Å². The quantitative estimate of drug-likeness (QED) is 0.368. The average molecular weight is 555 g/mol. The summed E-state index contributed by atoms with van der Waals surface area (Å²) in [6.45, 7) is 4.75. The lowest BCUT2D eigenvalue weighted by atomic mass is 10.1. The number of ether oxygens (including phenoxy) is 1. The Morgan fingerprint density at radius 1 is 1.05 bits per heavy atom. The number of benzene rings is 1. The number of carbonyl (C=O) groups is 1. The fourth-order valence-electron chi connectivity index (χ4n) is 5.75. The summed E-state index contributed by atoms with van der Waals surface area (Å²) in [7, 11) is 1.84. The molecule has 41 heavy (non-hydrogen) atoms. The molecule has 6 rings (SSSR count). The van der Waals surface area contributed by atoms with Gasteiger partial charge in [0.15, 0.2) is 0 Å². The van der Waals surface area contributed by atoms with Crippen molar-refractivity contribution >= 4 is 23.2 Å². The Morgan fingerprint density at radius 2 is 1.78 bits per heavy atom. The van der Waals surface area contributed by atoms with Crippen LogP contribution < -0.4 is 21.5 Å². The van der Waals surface area contributed by atoms with E-state index in [2.05, 4.69) is 20.2 Å². The first-order chi connectivity index (χ1) is 19.9. The first kappa shape index (κ1) is 26.7. The summed E-state index contributed by atoms with van der Waals surface area (Å²) in [6, 6.07) is 11.3. The number of carbonyl (C=O) groups excluding carboxylic acids is 1. The summed E-state index contributed by atoms with van der Waals surface area (Å²) in [5.41, 5.74) is 10.3. The third kappa shape index (κ3) is 5.20. The minimum Gasteiger partial charge on any atom is -0.382 e. The lowest BCUT2D eigenvalue weighted by Crippen LogP contribution is -2.36. The third-order valence-electron chi connectivity index (χ3n) is 8.08. The molecule has 2 fully saturated rings. The van der Waals surface area contributed by atoms with Crippen LogP contribution in [0.25, 0.3) is 22.5 Å². The molecule has 4 heterocycles. The van der Waals surface area contributed by atoms with E-state index in [4.69, 9.17) is 15.5 Å². The number of morpholine rings is 1. The molecule has 1 saturated carbocycles. The van der Waals surface area contributed by atoms with Crippen LogP contribution in [0, 0.1) is 6.92 Å². The largest absolute Gasteiger partial charge is 0.382 e. The number of rotatable bonds is 6. The maximum atomic E-state index is 13.2. The Labute approximate surface area is 238 Å². The molecule has 1 aliphatic carbocycles. The van der Waals surface area contributed by atoms with Gasteiger partial charge in [0.05, 0.1) is 31.1 Å². The Kier molecular flexibility index (Phi) is 7.27. The van der Waals surface area contributed by atoms with Crippen molar-refractivity contribution in [2.24, 2.45) is 7.05 Å². The number of hydrogen-bond donors (Lipinski definition) is 2. The van der Waals surface area contributed by atoms with E-state index in [-0.39, 0.29) is 17.2 Å². The van der Waals surface area contributed by atoms with Crippen molar-refractivity contribution in [3.8, 4) is 22.5 Å². The van der Waals surface area contributed by atoms with Gasteiger partial charge in [-0.25, -0.2) is 19.6 Å². The van der Waals surface area contributed by atoms with Crippen LogP contribution in [0.4, 0.5) is 17.3 Å². The molecule has 11 nitrogen and oxygen atoms in total. The van der Waals surface area contributed by atoms with Gasteiger partial charge in [-0.3, -0.25) is 14.3 Å². The number of pyridine rings is 1. The van der Waals surface area contributed by atoms with E-state index in [1.807, 2.05) is 42.9 Å². The lowest BCUT2D eigenvalue weighted by Gasteiger charge is -2.28.